The van der Waals surface area contributed by atoms with Crippen LogP contribution < -0.4 is 4.90 Å². The Morgan fingerprint density at radius 1 is 1.18 bits per heavy atom. The lowest BCUT2D eigenvalue weighted by atomic mass is 10.1. The Labute approximate surface area is 164 Å². The summed E-state index contributed by atoms with van der Waals surface area (Å²) in [6.07, 6.45) is 0.804. The van der Waals surface area contributed by atoms with Gasteiger partial charge in [0, 0.05) is 24.3 Å². The summed E-state index contributed by atoms with van der Waals surface area (Å²) in [5.74, 6) is 0. The van der Waals surface area contributed by atoms with E-state index >= 15 is 0 Å². The number of azo groups is 1. The molecule has 148 valence electrons. The van der Waals surface area contributed by atoms with Gasteiger partial charge >= 0.3 is 10.7 Å². The van der Waals surface area contributed by atoms with Crippen LogP contribution in [-0.2, 0) is 11.3 Å². The van der Waals surface area contributed by atoms with E-state index in [0.29, 0.717) is 22.6 Å². The summed E-state index contributed by atoms with van der Waals surface area (Å²) in [5, 5.41) is 36.4. The molecule has 0 fully saturated rings. The minimum absolute atomic E-state index is 0.0691. The molecule has 0 saturated carbocycles. The SMILES string of the molecule is CCN(CC)c1ccc(N=Nc2sc([N+](=O)[O-])cc2[N+](=O)[O-])c(COC=N)c1. The lowest BCUT2D eigenvalue weighted by molar-refractivity contribution is -0.389. The van der Waals surface area contributed by atoms with Gasteiger partial charge < -0.3 is 9.64 Å². The van der Waals surface area contributed by atoms with Crippen molar-refractivity contribution >= 4 is 44.8 Å². The first-order chi connectivity index (χ1) is 13.4. The lowest BCUT2D eigenvalue weighted by Crippen LogP contribution is -2.21. The van der Waals surface area contributed by atoms with Crippen molar-refractivity contribution in [2.75, 3.05) is 18.0 Å². The Hall–Kier alpha value is -3.41. The van der Waals surface area contributed by atoms with Crippen molar-refractivity contribution in [2.24, 2.45) is 10.2 Å². The van der Waals surface area contributed by atoms with E-state index in [2.05, 4.69) is 15.1 Å². The summed E-state index contributed by atoms with van der Waals surface area (Å²) < 4.78 is 5.04. The average Bonchev–Trinajstić information content (AvgIpc) is 3.11. The third-order valence-electron chi connectivity index (χ3n) is 3.82. The minimum atomic E-state index is -0.736. The number of anilines is 1. The standard InChI is InChI=1S/C16H18N6O5S/c1-3-20(4-2)12-5-6-13(11(7-12)9-27-10-17)18-19-16-14(21(23)24)8-15(28-16)22(25)26/h5-8,10,17H,3-4,9H2,1-2H3. The van der Waals surface area contributed by atoms with Gasteiger partial charge in [-0.25, -0.2) is 0 Å². The monoisotopic (exact) mass is 406 g/mol. The molecule has 28 heavy (non-hydrogen) atoms. The van der Waals surface area contributed by atoms with Crippen LogP contribution in [0.25, 0.3) is 0 Å². The summed E-state index contributed by atoms with van der Waals surface area (Å²) in [6.45, 7) is 5.71. The zero-order chi connectivity index (χ0) is 20.7. The van der Waals surface area contributed by atoms with Crippen LogP contribution in [0, 0.1) is 25.6 Å². The molecule has 0 atom stereocenters. The number of ether oxygens (including phenoxy) is 1. The van der Waals surface area contributed by atoms with Gasteiger partial charge in [0.15, 0.2) is 6.40 Å². The van der Waals surface area contributed by atoms with Crippen LogP contribution >= 0.6 is 11.3 Å². The fourth-order valence-corrected chi connectivity index (χ4v) is 3.22. The predicted molar refractivity (Wildman–Crippen MR) is 105 cm³/mol. The normalized spacial score (nSPS) is 10.8. The fraction of sp³-hybridized carbons (Fsp3) is 0.312. The van der Waals surface area contributed by atoms with E-state index < -0.39 is 15.5 Å². The van der Waals surface area contributed by atoms with Crippen molar-refractivity contribution in [1.29, 1.82) is 5.41 Å². The van der Waals surface area contributed by atoms with Crippen LogP contribution in [0.1, 0.15) is 19.4 Å². The van der Waals surface area contributed by atoms with Crippen LogP contribution in [0.5, 0.6) is 0 Å². The summed E-state index contributed by atoms with van der Waals surface area (Å²) in [6, 6.07) is 6.23. The molecule has 2 rings (SSSR count). The van der Waals surface area contributed by atoms with Gasteiger partial charge in [-0.3, -0.25) is 25.6 Å². The average molecular weight is 406 g/mol. The van der Waals surface area contributed by atoms with Crippen LogP contribution in [0.15, 0.2) is 34.5 Å². The number of hydrogen-bond donors (Lipinski definition) is 1. The molecule has 0 unspecified atom stereocenters. The van der Waals surface area contributed by atoms with E-state index in [9.17, 15) is 20.2 Å². The Morgan fingerprint density at radius 3 is 2.46 bits per heavy atom. The van der Waals surface area contributed by atoms with Crippen molar-refractivity contribution in [3.63, 3.8) is 0 Å². The van der Waals surface area contributed by atoms with Gasteiger partial charge in [0.1, 0.15) is 12.7 Å². The maximum absolute atomic E-state index is 11.1. The highest BCUT2D eigenvalue weighted by atomic mass is 32.1. The second-order valence-electron chi connectivity index (χ2n) is 5.40. The molecule has 2 aromatic rings. The van der Waals surface area contributed by atoms with Gasteiger partial charge in [-0.2, -0.15) is 0 Å². The molecule has 0 aliphatic heterocycles. The van der Waals surface area contributed by atoms with Crippen molar-refractivity contribution in [3.8, 4) is 0 Å². The molecule has 0 bridgehead atoms. The molecule has 0 amide bonds. The summed E-state index contributed by atoms with van der Waals surface area (Å²) in [4.78, 5) is 22.6. The number of benzene rings is 1. The van der Waals surface area contributed by atoms with E-state index in [0.717, 1.165) is 31.2 Å². The van der Waals surface area contributed by atoms with E-state index in [1.165, 1.54) is 0 Å². The highest BCUT2D eigenvalue weighted by molar-refractivity contribution is 7.19. The Bertz CT molecular complexity index is 909. The number of hydrogen-bond acceptors (Lipinski definition) is 10. The van der Waals surface area contributed by atoms with E-state index in [1.54, 1.807) is 6.07 Å². The molecule has 0 aliphatic rings. The first-order valence-electron chi connectivity index (χ1n) is 8.24. The van der Waals surface area contributed by atoms with E-state index in [4.69, 9.17) is 10.1 Å². The first-order valence-corrected chi connectivity index (χ1v) is 9.05. The highest BCUT2D eigenvalue weighted by Gasteiger charge is 2.25. The van der Waals surface area contributed by atoms with Gasteiger partial charge in [0.2, 0.25) is 5.00 Å². The fourth-order valence-electron chi connectivity index (χ4n) is 2.45. The van der Waals surface area contributed by atoms with Crippen LogP contribution in [0.2, 0.25) is 0 Å². The maximum Gasteiger partial charge on any atom is 0.333 e. The molecule has 0 spiro atoms. The largest absolute Gasteiger partial charge is 0.479 e. The molecular formula is C16H18N6O5S. The van der Waals surface area contributed by atoms with E-state index in [-0.39, 0.29) is 16.6 Å². The Kier molecular flexibility index (Phi) is 7.09. The van der Waals surface area contributed by atoms with Gasteiger partial charge in [0.05, 0.1) is 15.5 Å². The molecule has 0 saturated heterocycles. The quantitative estimate of drug-likeness (QED) is 0.194. The highest BCUT2D eigenvalue weighted by Crippen LogP contribution is 2.42. The van der Waals surface area contributed by atoms with Crippen LogP contribution in [0.4, 0.5) is 27.1 Å². The molecule has 1 aromatic carbocycles. The van der Waals surface area contributed by atoms with Gasteiger partial charge in [-0.15, -0.1) is 10.2 Å². The maximum atomic E-state index is 11.1. The smallest absolute Gasteiger partial charge is 0.333 e. The third kappa shape index (κ3) is 4.85. The number of rotatable bonds is 10. The van der Waals surface area contributed by atoms with E-state index in [1.807, 2.05) is 26.0 Å². The molecule has 1 N–H and O–H groups in total. The summed E-state index contributed by atoms with van der Waals surface area (Å²) in [7, 11) is 0. The van der Waals surface area contributed by atoms with Crippen LogP contribution in [-0.4, -0.2) is 29.3 Å². The van der Waals surface area contributed by atoms with Crippen molar-refractivity contribution in [3.05, 3.63) is 50.1 Å². The van der Waals surface area contributed by atoms with Gasteiger partial charge in [-0.1, -0.05) is 0 Å². The predicted octanol–water partition coefficient (Wildman–Crippen LogP) is 4.95. The third-order valence-corrected chi connectivity index (χ3v) is 4.78. The zero-order valence-corrected chi connectivity index (χ0v) is 16.0. The second-order valence-corrected chi connectivity index (χ2v) is 6.41. The van der Waals surface area contributed by atoms with Crippen LogP contribution in [0.3, 0.4) is 0 Å². The number of nitrogens with zero attached hydrogens (tertiary/aromatic N) is 5. The van der Waals surface area contributed by atoms with Gasteiger partial charge in [0.25, 0.3) is 0 Å². The molecule has 0 radical (unpaired) electrons. The topological polar surface area (TPSA) is 147 Å². The zero-order valence-electron chi connectivity index (χ0n) is 15.2. The lowest BCUT2D eigenvalue weighted by Gasteiger charge is -2.22. The van der Waals surface area contributed by atoms with Crippen molar-refractivity contribution in [1.82, 2.24) is 0 Å². The molecule has 1 heterocycles. The molecule has 11 nitrogen and oxygen atoms in total. The molecule has 1 aromatic heterocycles. The second kappa shape index (κ2) is 9.50. The molecule has 0 aliphatic carbocycles. The molecule has 12 heteroatoms. The number of thiophene rings is 1. The van der Waals surface area contributed by atoms with Crippen molar-refractivity contribution in [2.45, 2.75) is 20.5 Å². The molecular weight excluding hydrogens is 388 g/mol. The number of nitrogens with one attached hydrogen (secondary N) is 1. The van der Waals surface area contributed by atoms with Gasteiger partial charge in [-0.05, 0) is 43.4 Å². The first kappa shape index (κ1) is 20.9. The Balaban J connectivity index is 2.42. The summed E-state index contributed by atoms with van der Waals surface area (Å²) in [5.41, 5.74) is 1.48. The minimum Gasteiger partial charge on any atom is -0.479 e. The van der Waals surface area contributed by atoms with Crippen molar-refractivity contribution < 1.29 is 14.6 Å². The number of nitro groups is 2. The Morgan fingerprint density at radius 2 is 1.89 bits per heavy atom. The summed E-state index contributed by atoms with van der Waals surface area (Å²) >= 11 is 0.577.